The molecule has 0 amide bonds. The molecule has 0 N–H and O–H groups in total. The second kappa shape index (κ2) is 7.55. The zero-order valence-electron chi connectivity index (χ0n) is 12.6. The van der Waals surface area contributed by atoms with Crippen LogP contribution in [0, 0.1) is 0 Å². The molecule has 0 bridgehead atoms. The summed E-state index contributed by atoms with van der Waals surface area (Å²) in [5.41, 5.74) is 0. The number of benzene rings is 2. The van der Waals surface area contributed by atoms with Crippen LogP contribution in [-0.2, 0) is 10.1 Å². The first-order chi connectivity index (χ1) is 11.9. The highest BCUT2D eigenvalue weighted by Crippen LogP contribution is 2.29. The summed E-state index contributed by atoms with van der Waals surface area (Å²) < 4.78 is 36.7. The Morgan fingerprint density at radius 1 is 0.880 bits per heavy atom. The zero-order chi connectivity index (χ0) is 17.9. The monoisotopic (exact) mass is 483 g/mol. The third-order valence-corrected chi connectivity index (χ3v) is 5.79. The number of aromatic nitrogens is 1. The van der Waals surface area contributed by atoms with E-state index in [0.717, 1.165) is 0 Å². The Morgan fingerprint density at radius 3 is 2.28 bits per heavy atom. The Morgan fingerprint density at radius 2 is 1.60 bits per heavy atom. The molecule has 1 heterocycles. The van der Waals surface area contributed by atoms with Crippen molar-refractivity contribution in [3.05, 3.63) is 75.8 Å². The molecule has 5 nitrogen and oxygen atoms in total. The number of pyridine rings is 1. The van der Waals surface area contributed by atoms with E-state index in [1.165, 1.54) is 18.2 Å². The molecule has 128 valence electrons. The van der Waals surface area contributed by atoms with Gasteiger partial charge in [0.15, 0.2) is 0 Å². The predicted molar refractivity (Wildman–Crippen MR) is 100 cm³/mol. The van der Waals surface area contributed by atoms with Crippen LogP contribution >= 0.6 is 31.9 Å². The third-order valence-electron chi connectivity index (χ3n) is 3.05. The van der Waals surface area contributed by atoms with E-state index in [0.29, 0.717) is 20.6 Å². The number of halogens is 2. The van der Waals surface area contributed by atoms with Crippen LogP contribution in [0.4, 0.5) is 0 Å². The summed E-state index contributed by atoms with van der Waals surface area (Å²) in [4.78, 5) is 4.09. The van der Waals surface area contributed by atoms with Crippen LogP contribution in [0.15, 0.2) is 80.7 Å². The molecule has 3 aromatic rings. The quantitative estimate of drug-likeness (QED) is 0.467. The van der Waals surface area contributed by atoms with Crippen molar-refractivity contribution in [1.82, 2.24) is 4.98 Å². The lowest BCUT2D eigenvalue weighted by Gasteiger charge is -2.10. The number of rotatable bonds is 5. The smallest absolute Gasteiger partial charge is 0.340 e. The molecule has 0 aliphatic rings. The lowest BCUT2D eigenvalue weighted by Crippen LogP contribution is -2.10. The van der Waals surface area contributed by atoms with Crippen LogP contribution in [0.1, 0.15) is 0 Å². The van der Waals surface area contributed by atoms with E-state index >= 15 is 0 Å². The van der Waals surface area contributed by atoms with Gasteiger partial charge in [0.1, 0.15) is 16.4 Å². The molecule has 0 fully saturated rings. The predicted octanol–water partition coefficient (Wildman–Crippen LogP) is 5.17. The molecular weight excluding hydrogens is 474 g/mol. The summed E-state index contributed by atoms with van der Waals surface area (Å²) >= 11 is 6.47. The SMILES string of the molecule is O=S(=O)(Oc1ccc(Oc2ccccn2)cc1)c1cc(Br)ccc1Br. The second-order valence-electron chi connectivity index (χ2n) is 4.85. The summed E-state index contributed by atoms with van der Waals surface area (Å²) in [5, 5.41) is 0. The lowest BCUT2D eigenvalue weighted by atomic mass is 10.3. The average Bonchev–Trinajstić information content (AvgIpc) is 2.59. The minimum absolute atomic E-state index is 0.0377. The molecule has 0 saturated carbocycles. The van der Waals surface area contributed by atoms with Gasteiger partial charge in [-0.15, -0.1) is 0 Å². The Labute approximate surface area is 162 Å². The highest BCUT2D eigenvalue weighted by atomic mass is 79.9. The summed E-state index contributed by atoms with van der Waals surface area (Å²) in [6.07, 6.45) is 1.62. The van der Waals surface area contributed by atoms with Crippen LogP contribution in [0.3, 0.4) is 0 Å². The van der Waals surface area contributed by atoms with Crippen LogP contribution in [0.25, 0.3) is 0 Å². The topological polar surface area (TPSA) is 65.5 Å². The fourth-order valence-corrected chi connectivity index (χ4v) is 4.32. The first-order valence-electron chi connectivity index (χ1n) is 7.02. The summed E-state index contributed by atoms with van der Waals surface area (Å²) in [6, 6.07) is 16.4. The molecule has 0 atom stereocenters. The van der Waals surface area contributed by atoms with E-state index < -0.39 is 10.1 Å². The molecule has 25 heavy (non-hydrogen) atoms. The van der Waals surface area contributed by atoms with Crippen LogP contribution < -0.4 is 8.92 Å². The fourth-order valence-electron chi connectivity index (χ4n) is 1.93. The number of hydrogen-bond acceptors (Lipinski definition) is 5. The first-order valence-corrected chi connectivity index (χ1v) is 10.0. The maximum absolute atomic E-state index is 12.4. The highest BCUT2D eigenvalue weighted by Gasteiger charge is 2.20. The Balaban J connectivity index is 1.78. The molecule has 0 aliphatic carbocycles. The maximum atomic E-state index is 12.4. The molecular formula is C17H11Br2NO4S. The van der Waals surface area contributed by atoms with E-state index in [9.17, 15) is 8.42 Å². The van der Waals surface area contributed by atoms with Gasteiger partial charge in [-0.1, -0.05) is 22.0 Å². The second-order valence-corrected chi connectivity index (χ2v) is 8.14. The molecule has 8 heteroatoms. The molecule has 0 radical (unpaired) electrons. The zero-order valence-corrected chi connectivity index (χ0v) is 16.6. The van der Waals surface area contributed by atoms with Crippen molar-refractivity contribution in [2.45, 2.75) is 4.90 Å². The van der Waals surface area contributed by atoms with E-state index in [-0.39, 0.29) is 10.6 Å². The van der Waals surface area contributed by atoms with Crippen molar-refractivity contribution >= 4 is 42.0 Å². The van der Waals surface area contributed by atoms with Crippen LogP contribution in [-0.4, -0.2) is 13.4 Å². The molecule has 2 aromatic carbocycles. The van der Waals surface area contributed by atoms with Crippen LogP contribution in [0.2, 0.25) is 0 Å². The molecule has 0 spiro atoms. The van der Waals surface area contributed by atoms with Gasteiger partial charge in [-0.3, -0.25) is 0 Å². The first kappa shape index (κ1) is 17.9. The van der Waals surface area contributed by atoms with Gasteiger partial charge in [0, 0.05) is 21.2 Å². The largest absolute Gasteiger partial charge is 0.439 e. The van der Waals surface area contributed by atoms with Gasteiger partial charge in [0.25, 0.3) is 0 Å². The van der Waals surface area contributed by atoms with E-state index in [1.807, 2.05) is 6.07 Å². The molecule has 3 rings (SSSR count). The van der Waals surface area contributed by atoms with E-state index in [1.54, 1.807) is 42.6 Å². The van der Waals surface area contributed by atoms with E-state index in [2.05, 4.69) is 36.8 Å². The maximum Gasteiger partial charge on any atom is 0.340 e. The third kappa shape index (κ3) is 4.59. The summed E-state index contributed by atoms with van der Waals surface area (Å²) in [5.74, 6) is 1.15. The standard InChI is InChI=1S/C17H11Br2NO4S/c18-12-4-9-15(19)16(11-12)25(21,22)24-14-7-5-13(6-8-14)23-17-3-1-2-10-20-17/h1-11H. The van der Waals surface area contributed by atoms with Gasteiger partial charge in [0.05, 0.1) is 0 Å². The Bertz CT molecular complexity index is 977. The molecule has 0 aliphatic heterocycles. The van der Waals surface area contributed by atoms with Gasteiger partial charge >= 0.3 is 10.1 Å². The highest BCUT2D eigenvalue weighted by molar-refractivity contribution is 9.11. The van der Waals surface area contributed by atoms with Crippen LogP contribution in [0.5, 0.6) is 17.4 Å². The molecule has 0 unspecified atom stereocenters. The lowest BCUT2D eigenvalue weighted by molar-refractivity contribution is 0.459. The Hall–Kier alpha value is -1.90. The fraction of sp³-hybridized carbons (Fsp3) is 0. The van der Waals surface area contributed by atoms with Gasteiger partial charge in [0.2, 0.25) is 5.88 Å². The van der Waals surface area contributed by atoms with Crippen molar-refractivity contribution in [2.24, 2.45) is 0 Å². The van der Waals surface area contributed by atoms with Crippen molar-refractivity contribution < 1.29 is 17.3 Å². The van der Waals surface area contributed by atoms with Crippen molar-refractivity contribution in [1.29, 1.82) is 0 Å². The van der Waals surface area contributed by atoms with Gasteiger partial charge < -0.3 is 8.92 Å². The number of nitrogens with zero attached hydrogens (tertiary/aromatic N) is 1. The Kier molecular flexibility index (Phi) is 5.41. The van der Waals surface area contributed by atoms with E-state index in [4.69, 9.17) is 8.92 Å². The molecule has 1 aromatic heterocycles. The normalized spacial score (nSPS) is 11.1. The average molecular weight is 485 g/mol. The number of ether oxygens (including phenoxy) is 1. The summed E-state index contributed by atoms with van der Waals surface area (Å²) in [6.45, 7) is 0. The van der Waals surface area contributed by atoms with Gasteiger partial charge in [-0.25, -0.2) is 4.98 Å². The van der Waals surface area contributed by atoms with Crippen molar-refractivity contribution in [2.75, 3.05) is 0 Å². The van der Waals surface area contributed by atoms with Gasteiger partial charge in [-0.2, -0.15) is 8.42 Å². The van der Waals surface area contributed by atoms with Gasteiger partial charge in [-0.05, 0) is 64.5 Å². The van der Waals surface area contributed by atoms with Crippen molar-refractivity contribution in [3.63, 3.8) is 0 Å². The summed E-state index contributed by atoms with van der Waals surface area (Å²) in [7, 11) is -3.97. The minimum atomic E-state index is -3.97. The molecule has 0 saturated heterocycles. The number of hydrogen-bond donors (Lipinski definition) is 0. The minimum Gasteiger partial charge on any atom is -0.439 e. The van der Waals surface area contributed by atoms with Crippen molar-refractivity contribution in [3.8, 4) is 17.4 Å².